The average molecular weight is 404 g/mol. The Kier molecular flexibility index (Phi) is 6.79. The van der Waals surface area contributed by atoms with Gasteiger partial charge in [0.25, 0.3) is 5.91 Å². The lowest BCUT2D eigenvalue weighted by molar-refractivity contribution is -0.131. The minimum atomic E-state index is -1.08. The minimum Gasteiger partial charge on any atom is -0.497 e. The zero-order valence-corrected chi connectivity index (χ0v) is 16.7. The Hall–Kier alpha value is -3.69. The van der Waals surface area contributed by atoms with E-state index in [1.165, 1.54) is 13.2 Å². The van der Waals surface area contributed by atoms with E-state index in [1.807, 2.05) is 18.2 Å². The van der Waals surface area contributed by atoms with Crippen molar-refractivity contribution in [3.8, 4) is 22.9 Å². The molecule has 0 aliphatic rings. The Morgan fingerprint density at radius 1 is 1.03 bits per heavy atom. The number of carbonyl (C=O) groups is 1. The van der Waals surface area contributed by atoms with Crippen LogP contribution in [0.4, 0.5) is 4.39 Å². The lowest BCUT2D eigenvalue weighted by Gasteiger charge is -2.17. The fraction of sp³-hybridized carbons (Fsp3) is 0.167. The van der Waals surface area contributed by atoms with Gasteiger partial charge in [-0.2, -0.15) is 5.26 Å². The first-order valence-corrected chi connectivity index (χ1v) is 9.29. The zero-order chi connectivity index (χ0) is 21.5. The summed E-state index contributed by atoms with van der Waals surface area (Å²) in [6.07, 6.45) is -1.08. The molecule has 0 saturated carbocycles. The van der Waals surface area contributed by atoms with Gasteiger partial charge in [-0.05, 0) is 47.0 Å². The van der Waals surface area contributed by atoms with E-state index in [0.29, 0.717) is 16.9 Å². The summed E-state index contributed by atoms with van der Waals surface area (Å²) in [6.45, 7) is 0.246. The van der Waals surface area contributed by atoms with Gasteiger partial charge in [-0.3, -0.25) is 4.79 Å². The Labute approximate surface area is 174 Å². The summed E-state index contributed by atoms with van der Waals surface area (Å²) in [5.41, 5.74) is 3.05. The molecule has 0 bridgehead atoms. The molecule has 152 valence electrons. The predicted molar refractivity (Wildman–Crippen MR) is 111 cm³/mol. The molecule has 0 fully saturated rings. The van der Waals surface area contributed by atoms with Gasteiger partial charge in [0.1, 0.15) is 11.6 Å². The van der Waals surface area contributed by atoms with Crippen molar-refractivity contribution in [2.45, 2.75) is 12.6 Å². The van der Waals surface area contributed by atoms with Gasteiger partial charge in [0, 0.05) is 19.2 Å². The minimum absolute atomic E-state index is 0.159. The molecule has 0 aliphatic heterocycles. The number of hydrogen-bond donors (Lipinski definition) is 1. The molecule has 1 unspecified atom stereocenters. The van der Waals surface area contributed by atoms with Gasteiger partial charge in [-0.1, -0.05) is 36.4 Å². The molecule has 0 aliphatic carbocycles. The van der Waals surface area contributed by atoms with Crippen molar-refractivity contribution in [3.63, 3.8) is 0 Å². The SMILES string of the molecule is COc1ccc(-c2ccc(C(OC)C(=O)NCc3ccc(C#N)cc3)c(F)c2)cc1. The number of methoxy groups -OCH3 is 2. The topological polar surface area (TPSA) is 71.3 Å². The highest BCUT2D eigenvalue weighted by atomic mass is 19.1. The summed E-state index contributed by atoms with van der Waals surface area (Å²) in [4.78, 5) is 12.6. The quantitative estimate of drug-likeness (QED) is 0.635. The monoisotopic (exact) mass is 404 g/mol. The molecule has 1 atom stereocenters. The smallest absolute Gasteiger partial charge is 0.254 e. The maximum Gasteiger partial charge on any atom is 0.254 e. The molecule has 3 aromatic carbocycles. The first-order chi connectivity index (χ1) is 14.5. The van der Waals surface area contributed by atoms with Crippen LogP contribution < -0.4 is 10.1 Å². The van der Waals surface area contributed by atoms with Gasteiger partial charge < -0.3 is 14.8 Å². The van der Waals surface area contributed by atoms with Crippen molar-refractivity contribution >= 4 is 5.91 Å². The molecule has 5 nitrogen and oxygen atoms in total. The van der Waals surface area contributed by atoms with Crippen LogP contribution in [0.2, 0.25) is 0 Å². The second-order valence-electron chi connectivity index (χ2n) is 6.61. The number of halogens is 1. The number of carbonyl (C=O) groups excluding carboxylic acids is 1. The van der Waals surface area contributed by atoms with Gasteiger partial charge in [0.15, 0.2) is 6.10 Å². The van der Waals surface area contributed by atoms with E-state index >= 15 is 0 Å². The van der Waals surface area contributed by atoms with Gasteiger partial charge in [0.2, 0.25) is 0 Å². The number of hydrogen-bond acceptors (Lipinski definition) is 4. The first-order valence-electron chi connectivity index (χ1n) is 9.29. The maximum atomic E-state index is 14.8. The van der Waals surface area contributed by atoms with Gasteiger partial charge >= 0.3 is 0 Å². The summed E-state index contributed by atoms with van der Waals surface area (Å²) in [5.74, 6) is -0.254. The highest BCUT2D eigenvalue weighted by molar-refractivity contribution is 5.82. The van der Waals surface area contributed by atoms with Crippen molar-refractivity contribution in [2.24, 2.45) is 0 Å². The van der Waals surface area contributed by atoms with Crippen LogP contribution in [0.25, 0.3) is 11.1 Å². The molecular weight excluding hydrogens is 383 g/mol. The molecule has 0 spiro atoms. The molecule has 0 saturated heterocycles. The van der Waals surface area contributed by atoms with E-state index in [4.69, 9.17) is 14.7 Å². The fourth-order valence-corrected chi connectivity index (χ4v) is 3.06. The number of amides is 1. The van der Waals surface area contributed by atoms with Crippen molar-refractivity contribution in [1.29, 1.82) is 5.26 Å². The van der Waals surface area contributed by atoms with Crippen LogP contribution in [0, 0.1) is 17.1 Å². The Morgan fingerprint density at radius 2 is 1.70 bits per heavy atom. The van der Waals surface area contributed by atoms with Gasteiger partial charge in [0.05, 0.1) is 18.7 Å². The molecule has 0 radical (unpaired) electrons. The van der Waals surface area contributed by atoms with Gasteiger partial charge in [-0.15, -0.1) is 0 Å². The first kappa shape index (κ1) is 21.0. The molecule has 0 heterocycles. The van der Waals surface area contributed by atoms with Crippen molar-refractivity contribution in [1.82, 2.24) is 5.32 Å². The van der Waals surface area contributed by atoms with Crippen LogP contribution in [0.5, 0.6) is 5.75 Å². The van der Waals surface area contributed by atoms with E-state index in [-0.39, 0.29) is 12.1 Å². The van der Waals surface area contributed by atoms with Gasteiger partial charge in [-0.25, -0.2) is 4.39 Å². The van der Waals surface area contributed by atoms with Crippen LogP contribution in [-0.4, -0.2) is 20.1 Å². The number of benzene rings is 3. The van der Waals surface area contributed by atoms with E-state index < -0.39 is 17.8 Å². The maximum absolute atomic E-state index is 14.8. The molecule has 1 N–H and O–H groups in total. The summed E-state index contributed by atoms with van der Waals surface area (Å²) < 4.78 is 25.2. The normalized spacial score (nSPS) is 11.4. The molecule has 3 aromatic rings. The van der Waals surface area contributed by atoms with E-state index in [2.05, 4.69) is 5.32 Å². The second kappa shape index (κ2) is 9.68. The van der Waals surface area contributed by atoms with Crippen molar-refractivity contribution in [2.75, 3.05) is 14.2 Å². The lowest BCUT2D eigenvalue weighted by Crippen LogP contribution is -2.30. The Morgan fingerprint density at radius 3 is 2.27 bits per heavy atom. The van der Waals surface area contributed by atoms with Crippen LogP contribution in [0.15, 0.2) is 66.7 Å². The lowest BCUT2D eigenvalue weighted by atomic mass is 10.0. The molecule has 30 heavy (non-hydrogen) atoms. The highest BCUT2D eigenvalue weighted by Gasteiger charge is 2.23. The van der Waals surface area contributed by atoms with E-state index in [0.717, 1.165) is 11.1 Å². The number of nitriles is 1. The summed E-state index contributed by atoms with van der Waals surface area (Å²) in [5, 5.41) is 11.6. The average Bonchev–Trinajstić information content (AvgIpc) is 2.79. The van der Waals surface area contributed by atoms with Crippen LogP contribution in [-0.2, 0) is 16.1 Å². The number of ether oxygens (including phenoxy) is 2. The zero-order valence-electron chi connectivity index (χ0n) is 16.7. The van der Waals surface area contributed by atoms with Crippen LogP contribution in [0.3, 0.4) is 0 Å². The number of rotatable bonds is 7. The molecule has 0 aromatic heterocycles. The summed E-state index contributed by atoms with van der Waals surface area (Å²) >= 11 is 0. The van der Waals surface area contributed by atoms with Crippen molar-refractivity contribution in [3.05, 3.63) is 89.2 Å². The van der Waals surface area contributed by atoms with E-state index in [9.17, 15) is 9.18 Å². The fourth-order valence-electron chi connectivity index (χ4n) is 3.06. The largest absolute Gasteiger partial charge is 0.497 e. The standard InChI is InChI=1S/C24H21FN2O3/c1-29-20-10-7-18(8-11-20)19-9-12-21(22(25)13-19)23(30-2)24(28)27-15-17-5-3-16(14-26)4-6-17/h3-13,23H,15H2,1-2H3,(H,27,28). The number of nitrogens with one attached hydrogen (secondary N) is 1. The Balaban J connectivity index is 1.73. The molecule has 1 amide bonds. The van der Waals surface area contributed by atoms with Crippen LogP contribution in [0.1, 0.15) is 22.8 Å². The van der Waals surface area contributed by atoms with Crippen molar-refractivity contribution < 1.29 is 18.7 Å². The predicted octanol–water partition coefficient (Wildman–Crippen LogP) is 4.38. The Bertz CT molecular complexity index is 1060. The second-order valence-corrected chi connectivity index (χ2v) is 6.61. The van der Waals surface area contributed by atoms with Crippen LogP contribution >= 0.6 is 0 Å². The third-order valence-electron chi connectivity index (χ3n) is 4.73. The third-order valence-corrected chi connectivity index (χ3v) is 4.73. The highest BCUT2D eigenvalue weighted by Crippen LogP contribution is 2.28. The summed E-state index contributed by atoms with van der Waals surface area (Å²) in [6, 6.07) is 20.9. The summed E-state index contributed by atoms with van der Waals surface area (Å²) in [7, 11) is 2.95. The van der Waals surface area contributed by atoms with E-state index in [1.54, 1.807) is 55.6 Å². The molecule has 3 rings (SSSR count). The number of nitrogens with zero attached hydrogens (tertiary/aromatic N) is 1. The molecule has 6 heteroatoms. The molecular formula is C24H21FN2O3. The third kappa shape index (κ3) is 4.83.